The average molecular weight is 391 g/mol. The molecular formula is C19H22N2O3S2. The number of rotatable bonds is 4. The second kappa shape index (κ2) is 8.42. The Hall–Kier alpha value is -2.25. The lowest BCUT2D eigenvalue weighted by molar-refractivity contribution is -0.126. The molecule has 0 aliphatic rings. The zero-order valence-corrected chi connectivity index (χ0v) is 16.8. The van der Waals surface area contributed by atoms with Crippen molar-refractivity contribution in [2.75, 3.05) is 11.9 Å². The van der Waals surface area contributed by atoms with Gasteiger partial charge in [0, 0.05) is 16.4 Å². The highest BCUT2D eigenvalue weighted by Crippen LogP contribution is 2.36. The predicted octanol–water partition coefficient (Wildman–Crippen LogP) is 4.45. The zero-order valence-electron chi connectivity index (χ0n) is 15.2. The van der Waals surface area contributed by atoms with Gasteiger partial charge in [0.2, 0.25) is 5.91 Å². The number of thiocarbonyl (C=S) groups is 1. The number of hydrogen-bond acceptors (Lipinski definition) is 5. The van der Waals surface area contributed by atoms with Crippen LogP contribution in [-0.2, 0) is 9.53 Å². The van der Waals surface area contributed by atoms with Crippen molar-refractivity contribution in [2.24, 2.45) is 5.41 Å². The van der Waals surface area contributed by atoms with E-state index in [1.54, 1.807) is 27.7 Å². The molecule has 1 aromatic heterocycles. The number of hydrogen-bond donors (Lipinski definition) is 2. The Morgan fingerprint density at radius 2 is 1.85 bits per heavy atom. The standard InChI is InChI=1S/C19H22N2O3S2/c1-5-24-16(22)14-13(12-9-7-6-8-10-12)11-26-15(14)20-18(25)21-17(23)19(2,3)4/h6-11H,5H2,1-4H3,(H2,20,21,23,25). The summed E-state index contributed by atoms with van der Waals surface area (Å²) in [7, 11) is 0. The normalized spacial score (nSPS) is 10.9. The maximum Gasteiger partial charge on any atom is 0.341 e. The van der Waals surface area contributed by atoms with Gasteiger partial charge in [-0.15, -0.1) is 11.3 Å². The van der Waals surface area contributed by atoms with Crippen LogP contribution in [-0.4, -0.2) is 23.6 Å². The molecule has 138 valence electrons. The molecule has 2 rings (SSSR count). The minimum Gasteiger partial charge on any atom is -0.462 e. The highest BCUT2D eigenvalue weighted by Gasteiger charge is 2.25. The fourth-order valence-electron chi connectivity index (χ4n) is 2.11. The summed E-state index contributed by atoms with van der Waals surface area (Å²) in [5.74, 6) is -0.632. The van der Waals surface area contributed by atoms with E-state index in [-0.39, 0.29) is 17.6 Å². The molecule has 0 saturated carbocycles. The van der Waals surface area contributed by atoms with Crippen LogP contribution in [0.25, 0.3) is 11.1 Å². The van der Waals surface area contributed by atoms with Crippen LogP contribution in [0.15, 0.2) is 35.7 Å². The van der Waals surface area contributed by atoms with Gasteiger partial charge in [0.05, 0.1) is 6.61 Å². The molecule has 26 heavy (non-hydrogen) atoms. The first kappa shape index (κ1) is 20.1. The molecule has 0 radical (unpaired) electrons. The molecule has 2 aromatic rings. The molecule has 0 atom stereocenters. The average Bonchev–Trinajstić information content (AvgIpc) is 2.98. The molecule has 1 heterocycles. The zero-order chi connectivity index (χ0) is 19.3. The van der Waals surface area contributed by atoms with Crippen molar-refractivity contribution in [3.8, 4) is 11.1 Å². The van der Waals surface area contributed by atoms with Gasteiger partial charge in [-0.05, 0) is 24.7 Å². The summed E-state index contributed by atoms with van der Waals surface area (Å²) in [5, 5.41) is 8.18. The van der Waals surface area contributed by atoms with Gasteiger partial charge in [0.1, 0.15) is 10.6 Å². The van der Waals surface area contributed by atoms with Crippen molar-refractivity contribution in [3.63, 3.8) is 0 Å². The second-order valence-corrected chi connectivity index (χ2v) is 7.89. The van der Waals surface area contributed by atoms with Crippen LogP contribution in [0.4, 0.5) is 5.00 Å². The first-order valence-corrected chi connectivity index (χ1v) is 9.49. The molecule has 0 saturated heterocycles. The number of carbonyl (C=O) groups excluding carboxylic acids is 2. The molecular weight excluding hydrogens is 368 g/mol. The Morgan fingerprint density at radius 1 is 1.19 bits per heavy atom. The predicted molar refractivity (Wildman–Crippen MR) is 110 cm³/mol. The van der Waals surface area contributed by atoms with E-state index < -0.39 is 11.4 Å². The van der Waals surface area contributed by atoms with Crippen molar-refractivity contribution < 1.29 is 14.3 Å². The van der Waals surface area contributed by atoms with Gasteiger partial charge < -0.3 is 15.4 Å². The molecule has 0 bridgehead atoms. The Labute approximate surface area is 162 Å². The third-order valence-electron chi connectivity index (χ3n) is 3.49. The Balaban J connectivity index is 2.31. The summed E-state index contributed by atoms with van der Waals surface area (Å²) in [4.78, 5) is 24.6. The molecule has 0 fully saturated rings. The van der Waals surface area contributed by atoms with E-state index in [2.05, 4.69) is 10.6 Å². The number of ether oxygens (including phenoxy) is 1. The Bertz CT molecular complexity index is 808. The van der Waals surface area contributed by atoms with Gasteiger partial charge in [-0.1, -0.05) is 51.1 Å². The monoisotopic (exact) mass is 390 g/mol. The largest absolute Gasteiger partial charge is 0.462 e. The van der Waals surface area contributed by atoms with Crippen molar-refractivity contribution >= 4 is 45.5 Å². The number of amides is 1. The lowest BCUT2D eigenvalue weighted by atomic mass is 9.96. The fraction of sp³-hybridized carbons (Fsp3) is 0.316. The minimum absolute atomic E-state index is 0.150. The molecule has 0 unspecified atom stereocenters. The first-order valence-electron chi connectivity index (χ1n) is 8.20. The number of nitrogens with one attached hydrogen (secondary N) is 2. The van der Waals surface area contributed by atoms with E-state index in [0.717, 1.165) is 11.1 Å². The van der Waals surface area contributed by atoms with Crippen molar-refractivity contribution in [1.82, 2.24) is 5.32 Å². The van der Waals surface area contributed by atoms with Crippen LogP contribution >= 0.6 is 23.6 Å². The van der Waals surface area contributed by atoms with Crippen LogP contribution in [0.5, 0.6) is 0 Å². The van der Waals surface area contributed by atoms with Crippen LogP contribution in [0.3, 0.4) is 0 Å². The van der Waals surface area contributed by atoms with E-state index in [9.17, 15) is 9.59 Å². The lowest BCUT2D eigenvalue weighted by Gasteiger charge is -2.18. The second-order valence-electron chi connectivity index (χ2n) is 6.60. The molecule has 0 spiro atoms. The number of carbonyl (C=O) groups is 2. The Kier molecular flexibility index (Phi) is 6.50. The summed E-state index contributed by atoms with van der Waals surface area (Å²) in [6.45, 7) is 7.43. The van der Waals surface area contributed by atoms with E-state index in [1.165, 1.54) is 11.3 Å². The maximum absolute atomic E-state index is 12.5. The van der Waals surface area contributed by atoms with E-state index >= 15 is 0 Å². The quantitative estimate of drug-likeness (QED) is 0.596. The van der Waals surface area contributed by atoms with Crippen molar-refractivity contribution in [3.05, 3.63) is 41.3 Å². The summed E-state index contributed by atoms with van der Waals surface area (Å²) < 4.78 is 5.20. The molecule has 5 nitrogen and oxygen atoms in total. The van der Waals surface area contributed by atoms with Crippen LogP contribution in [0.2, 0.25) is 0 Å². The number of anilines is 1. The Morgan fingerprint density at radius 3 is 2.42 bits per heavy atom. The van der Waals surface area contributed by atoms with Gasteiger partial charge in [-0.3, -0.25) is 4.79 Å². The van der Waals surface area contributed by atoms with E-state index in [1.807, 2.05) is 35.7 Å². The molecule has 7 heteroatoms. The maximum atomic E-state index is 12.5. The third kappa shape index (κ3) is 4.89. The summed E-state index contributed by atoms with van der Waals surface area (Å²) in [6, 6.07) is 9.57. The van der Waals surface area contributed by atoms with Crippen LogP contribution in [0, 0.1) is 5.41 Å². The molecule has 0 aliphatic carbocycles. The number of benzene rings is 1. The lowest BCUT2D eigenvalue weighted by Crippen LogP contribution is -2.41. The number of thiophene rings is 1. The first-order chi connectivity index (χ1) is 12.2. The SMILES string of the molecule is CCOC(=O)c1c(-c2ccccc2)csc1NC(=S)NC(=O)C(C)(C)C. The van der Waals surface area contributed by atoms with Crippen molar-refractivity contribution in [1.29, 1.82) is 0 Å². The highest BCUT2D eigenvalue weighted by atomic mass is 32.1. The van der Waals surface area contributed by atoms with Crippen LogP contribution in [0.1, 0.15) is 38.1 Å². The van der Waals surface area contributed by atoms with Gasteiger partial charge in [0.15, 0.2) is 5.11 Å². The topological polar surface area (TPSA) is 67.4 Å². The van der Waals surface area contributed by atoms with Gasteiger partial charge in [0.25, 0.3) is 0 Å². The smallest absolute Gasteiger partial charge is 0.341 e. The summed E-state index contributed by atoms with van der Waals surface area (Å²) >= 11 is 6.57. The van der Waals surface area contributed by atoms with E-state index in [4.69, 9.17) is 17.0 Å². The molecule has 1 aromatic carbocycles. The van der Waals surface area contributed by atoms with Crippen LogP contribution < -0.4 is 10.6 Å². The van der Waals surface area contributed by atoms with E-state index in [0.29, 0.717) is 10.6 Å². The molecule has 0 aliphatic heterocycles. The number of esters is 1. The summed E-state index contributed by atoms with van der Waals surface area (Å²) in [6.07, 6.45) is 0. The third-order valence-corrected chi connectivity index (χ3v) is 4.59. The van der Waals surface area contributed by atoms with Gasteiger partial charge in [-0.2, -0.15) is 0 Å². The molecule has 2 N–H and O–H groups in total. The fourth-order valence-corrected chi connectivity index (χ4v) is 3.33. The van der Waals surface area contributed by atoms with Crippen molar-refractivity contribution in [2.45, 2.75) is 27.7 Å². The van der Waals surface area contributed by atoms with Gasteiger partial charge in [-0.25, -0.2) is 4.79 Å². The van der Waals surface area contributed by atoms with Gasteiger partial charge >= 0.3 is 5.97 Å². The molecule has 1 amide bonds. The minimum atomic E-state index is -0.569. The highest BCUT2D eigenvalue weighted by molar-refractivity contribution is 7.80. The summed E-state index contributed by atoms with van der Waals surface area (Å²) in [5.41, 5.74) is 1.52.